The Morgan fingerprint density at radius 1 is 0.667 bits per heavy atom. The van der Waals surface area contributed by atoms with Crippen LogP contribution in [0.25, 0.3) is 0 Å². The van der Waals surface area contributed by atoms with Crippen LogP contribution in [-0.4, -0.2) is 18.7 Å². The van der Waals surface area contributed by atoms with Gasteiger partial charge in [0.05, 0.1) is 13.5 Å². The molecule has 1 rings (SSSR count). The van der Waals surface area contributed by atoms with E-state index in [0.29, 0.717) is 12.0 Å². The zero-order chi connectivity index (χ0) is 21.9. The minimum Gasteiger partial charge on any atom is -0.497 e. The number of carbonyl (C=O) groups excluding carboxylic acids is 2. The van der Waals surface area contributed by atoms with Crippen molar-refractivity contribution in [2.24, 2.45) is 0 Å². The molecule has 0 radical (unpaired) electrons. The summed E-state index contributed by atoms with van der Waals surface area (Å²) >= 11 is 0. The van der Waals surface area contributed by atoms with Gasteiger partial charge in [-0.1, -0.05) is 96.8 Å². The summed E-state index contributed by atoms with van der Waals surface area (Å²) in [6.07, 6.45) is 20.3. The van der Waals surface area contributed by atoms with Crippen molar-refractivity contribution in [3.05, 3.63) is 29.8 Å². The highest BCUT2D eigenvalue weighted by molar-refractivity contribution is 6.07. The first kappa shape index (κ1) is 26.4. The van der Waals surface area contributed by atoms with E-state index >= 15 is 0 Å². The van der Waals surface area contributed by atoms with Gasteiger partial charge in [0.1, 0.15) is 11.5 Å². The molecule has 1 aromatic rings. The molecule has 1 aromatic carbocycles. The SMILES string of the molecule is CCCCCCCCCCCCCCCCCC(=O)CC(=O)c1ccc(OC)cc1. The van der Waals surface area contributed by atoms with Gasteiger partial charge in [-0.3, -0.25) is 9.59 Å². The molecular formula is C27H44O3. The number of Topliss-reactive ketones (excluding diaryl/α,β-unsaturated/α-hetero) is 2. The van der Waals surface area contributed by atoms with Gasteiger partial charge in [-0.25, -0.2) is 0 Å². The molecule has 0 spiro atoms. The highest BCUT2D eigenvalue weighted by atomic mass is 16.5. The average molecular weight is 417 g/mol. The number of benzene rings is 1. The highest BCUT2D eigenvalue weighted by Gasteiger charge is 2.11. The molecule has 0 amide bonds. The fourth-order valence-corrected chi connectivity index (χ4v) is 3.84. The van der Waals surface area contributed by atoms with Gasteiger partial charge in [0.25, 0.3) is 0 Å². The third kappa shape index (κ3) is 13.6. The lowest BCUT2D eigenvalue weighted by atomic mass is 10.0. The number of ketones is 2. The van der Waals surface area contributed by atoms with Gasteiger partial charge in [0.2, 0.25) is 0 Å². The van der Waals surface area contributed by atoms with E-state index in [1.54, 1.807) is 31.4 Å². The van der Waals surface area contributed by atoms with Gasteiger partial charge in [0.15, 0.2) is 5.78 Å². The predicted octanol–water partition coefficient (Wildman–Crippen LogP) is 8.10. The lowest BCUT2D eigenvalue weighted by Gasteiger charge is -2.04. The summed E-state index contributed by atoms with van der Waals surface area (Å²) in [6.45, 7) is 2.27. The molecule has 0 saturated heterocycles. The molecule has 0 unspecified atom stereocenters. The number of rotatable bonds is 20. The quantitative estimate of drug-likeness (QED) is 0.122. The van der Waals surface area contributed by atoms with Crippen molar-refractivity contribution in [2.45, 2.75) is 116 Å². The van der Waals surface area contributed by atoms with Gasteiger partial charge in [-0.15, -0.1) is 0 Å². The van der Waals surface area contributed by atoms with E-state index < -0.39 is 0 Å². The first-order valence-corrected chi connectivity index (χ1v) is 12.4. The Balaban J connectivity index is 1.90. The minimum atomic E-state index is -0.0939. The van der Waals surface area contributed by atoms with Gasteiger partial charge >= 0.3 is 0 Å². The first-order valence-electron chi connectivity index (χ1n) is 12.4. The van der Waals surface area contributed by atoms with Crippen molar-refractivity contribution in [3.8, 4) is 5.75 Å². The molecule has 3 heteroatoms. The topological polar surface area (TPSA) is 43.4 Å². The molecule has 0 aliphatic heterocycles. The molecule has 0 saturated carbocycles. The molecule has 0 heterocycles. The summed E-state index contributed by atoms with van der Waals surface area (Å²) in [6, 6.07) is 6.96. The Kier molecular flexibility index (Phi) is 16.0. The van der Waals surface area contributed by atoms with Crippen LogP contribution >= 0.6 is 0 Å². The second-order valence-corrected chi connectivity index (χ2v) is 8.57. The Bertz CT molecular complexity index is 562. The summed E-state index contributed by atoms with van der Waals surface area (Å²) in [5.74, 6) is 0.685. The molecule has 0 atom stereocenters. The van der Waals surface area contributed by atoms with E-state index in [9.17, 15) is 9.59 Å². The van der Waals surface area contributed by atoms with Crippen molar-refractivity contribution in [3.63, 3.8) is 0 Å². The minimum absolute atomic E-state index is 0.0188. The predicted molar refractivity (Wildman–Crippen MR) is 126 cm³/mol. The Hall–Kier alpha value is -1.64. The van der Waals surface area contributed by atoms with E-state index in [0.717, 1.165) is 18.6 Å². The lowest BCUT2D eigenvalue weighted by molar-refractivity contribution is -0.118. The van der Waals surface area contributed by atoms with Gasteiger partial charge in [-0.2, -0.15) is 0 Å². The second-order valence-electron chi connectivity index (χ2n) is 8.57. The van der Waals surface area contributed by atoms with Crippen molar-refractivity contribution in [2.75, 3.05) is 7.11 Å². The number of ether oxygens (including phenoxy) is 1. The molecule has 0 aliphatic carbocycles. The van der Waals surface area contributed by atoms with Crippen LogP contribution in [0.15, 0.2) is 24.3 Å². The molecule has 0 fully saturated rings. The average Bonchev–Trinajstić information content (AvgIpc) is 2.76. The maximum Gasteiger partial charge on any atom is 0.170 e. The van der Waals surface area contributed by atoms with Crippen LogP contribution < -0.4 is 4.74 Å². The van der Waals surface area contributed by atoms with Crippen LogP contribution in [0.3, 0.4) is 0 Å². The monoisotopic (exact) mass is 416 g/mol. The molecular weight excluding hydrogens is 372 g/mol. The molecule has 0 N–H and O–H groups in total. The van der Waals surface area contributed by atoms with Gasteiger partial charge < -0.3 is 4.74 Å². The zero-order valence-electron chi connectivity index (χ0n) is 19.6. The lowest BCUT2D eigenvalue weighted by Crippen LogP contribution is -2.08. The van der Waals surface area contributed by atoms with E-state index in [4.69, 9.17) is 4.74 Å². The zero-order valence-corrected chi connectivity index (χ0v) is 19.6. The van der Waals surface area contributed by atoms with Crippen molar-refractivity contribution >= 4 is 11.6 Å². The summed E-state index contributed by atoms with van der Waals surface area (Å²) in [5.41, 5.74) is 0.584. The maximum absolute atomic E-state index is 12.2. The van der Waals surface area contributed by atoms with Crippen LogP contribution in [0.5, 0.6) is 5.75 Å². The van der Waals surface area contributed by atoms with E-state index in [-0.39, 0.29) is 18.0 Å². The molecule has 0 bridgehead atoms. The summed E-state index contributed by atoms with van der Waals surface area (Å²) in [5, 5.41) is 0. The molecule has 170 valence electrons. The summed E-state index contributed by atoms with van der Waals surface area (Å²) in [4.78, 5) is 24.2. The Labute approximate surface area is 185 Å². The molecule has 3 nitrogen and oxygen atoms in total. The van der Waals surface area contributed by atoms with Crippen LogP contribution in [0.4, 0.5) is 0 Å². The summed E-state index contributed by atoms with van der Waals surface area (Å²) in [7, 11) is 1.59. The van der Waals surface area contributed by atoms with Crippen molar-refractivity contribution in [1.82, 2.24) is 0 Å². The standard InChI is InChI=1S/C27H44O3/c1-3-4-5-6-7-8-9-10-11-12-13-14-15-16-17-18-25(28)23-27(29)24-19-21-26(30-2)22-20-24/h19-22H,3-18,23H2,1-2H3. The summed E-state index contributed by atoms with van der Waals surface area (Å²) < 4.78 is 5.09. The van der Waals surface area contributed by atoms with E-state index in [2.05, 4.69) is 6.92 Å². The van der Waals surface area contributed by atoms with E-state index in [1.165, 1.54) is 83.5 Å². The van der Waals surface area contributed by atoms with Crippen molar-refractivity contribution < 1.29 is 14.3 Å². The number of hydrogen-bond acceptors (Lipinski definition) is 3. The first-order chi connectivity index (χ1) is 14.7. The van der Waals surface area contributed by atoms with Crippen LogP contribution in [0.1, 0.15) is 126 Å². The fraction of sp³-hybridized carbons (Fsp3) is 0.704. The molecule has 0 aliphatic rings. The van der Waals surface area contributed by atoms with Crippen LogP contribution in [0.2, 0.25) is 0 Å². The normalized spacial score (nSPS) is 10.9. The second kappa shape index (κ2) is 18.2. The highest BCUT2D eigenvalue weighted by Crippen LogP contribution is 2.15. The molecule has 0 aromatic heterocycles. The fourth-order valence-electron chi connectivity index (χ4n) is 3.84. The van der Waals surface area contributed by atoms with Crippen molar-refractivity contribution in [1.29, 1.82) is 0 Å². The van der Waals surface area contributed by atoms with Gasteiger partial charge in [-0.05, 0) is 30.7 Å². The van der Waals surface area contributed by atoms with Crippen LogP contribution in [-0.2, 0) is 4.79 Å². The molecule has 30 heavy (non-hydrogen) atoms. The Morgan fingerprint density at radius 2 is 1.10 bits per heavy atom. The number of methoxy groups -OCH3 is 1. The largest absolute Gasteiger partial charge is 0.497 e. The third-order valence-electron chi connectivity index (χ3n) is 5.83. The van der Waals surface area contributed by atoms with Gasteiger partial charge in [0, 0.05) is 12.0 Å². The number of hydrogen-bond donors (Lipinski definition) is 0. The van der Waals surface area contributed by atoms with Crippen LogP contribution in [0, 0.1) is 0 Å². The number of carbonyl (C=O) groups is 2. The third-order valence-corrected chi connectivity index (χ3v) is 5.83. The smallest absolute Gasteiger partial charge is 0.170 e. The number of unbranched alkanes of at least 4 members (excludes halogenated alkanes) is 14. The Morgan fingerprint density at radius 3 is 1.53 bits per heavy atom. The maximum atomic E-state index is 12.2. The van der Waals surface area contributed by atoms with E-state index in [1.807, 2.05) is 0 Å².